The molecule has 1 aromatic carbocycles. The Morgan fingerprint density at radius 2 is 1.67 bits per heavy atom. The minimum atomic E-state index is -0.750. The van der Waals surface area contributed by atoms with Gasteiger partial charge in [-0.15, -0.1) is 0 Å². The number of allylic oxidation sites excluding steroid dienone is 1. The van der Waals surface area contributed by atoms with Crippen molar-refractivity contribution < 1.29 is 10.0 Å². The molecule has 2 N–H and O–H groups in total. The molecule has 0 spiro atoms. The van der Waals surface area contributed by atoms with Gasteiger partial charge in [0.15, 0.2) is 0 Å². The van der Waals surface area contributed by atoms with Crippen molar-refractivity contribution in [3.63, 3.8) is 0 Å². The van der Waals surface area contributed by atoms with Crippen molar-refractivity contribution in [3.8, 4) is 0 Å². The summed E-state index contributed by atoms with van der Waals surface area (Å²) in [6.07, 6.45) is 4.12. The standard InChI is InChI=1S/C9H10.BH3O2/c1-2-6-9-7-4-3-5-8-9;2-1-3/h2-8H,1H3;1-3H. The van der Waals surface area contributed by atoms with Crippen molar-refractivity contribution >= 4 is 13.8 Å². The molecule has 1 rings (SSSR count). The molecule has 0 saturated heterocycles. The van der Waals surface area contributed by atoms with Crippen LogP contribution in [0.1, 0.15) is 12.5 Å². The van der Waals surface area contributed by atoms with Gasteiger partial charge in [0, 0.05) is 0 Å². The van der Waals surface area contributed by atoms with Crippen LogP contribution < -0.4 is 0 Å². The van der Waals surface area contributed by atoms with Crippen molar-refractivity contribution in [2.75, 3.05) is 0 Å². The molecule has 0 fully saturated rings. The lowest BCUT2D eigenvalue weighted by Gasteiger charge is -1.86. The van der Waals surface area contributed by atoms with Crippen LogP contribution in [0.3, 0.4) is 0 Å². The third-order valence-corrected chi connectivity index (χ3v) is 1.16. The summed E-state index contributed by atoms with van der Waals surface area (Å²) in [6, 6.07) is 10.3. The first-order chi connectivity index (χ1) is 5.85. The summed E-state index contributed by atoms with van der Waals surface area (Å²) < 4.78 is 0. The van der Waals surface area contributed by atoms with Gasteiger partial charge in [0.05, 0.1) is 0 Å². The summed E-state index contributed by atoms with van der Waals surface area (Å²) in [5.74, 6) is 0. The van der Waals surface area contributed by atoms with Crippen LogP contribution in [0.25, 0.3) is 6.08 Å². The highest BCUT2D eigenvalue weighted by molar-refractivity contribution is 6.13. The summed E-state index contributed by atoms with van der Waals surface area (Å²) >= 11 is 0. The molecule has 0 saturated carbocycles. The number of rotatable bonds is 1. The lowest BCUT2D eigenvalue weighted by atomic mass is 10.2. The number of benzene rings is 1. The average molecular weight is 164 g/mol. The second-order valence-electron chi connectivity index (χ2n) is 2.05. The Kier molecular flexibility index (Phi) is 7.34. The Bertz CT molecular complexity index is 209. The Hall–Kier alpha value is -1.06. The molecule has 0 aromatic heterocycles. The van der Waals surface area contributed by atoms with Gasteiger partial charge in [-0.25, -0.2) is 0 Å². The predicted molar refractivity (Wildman–Crippen MR) is 52.7 cm³/mol. The topological polar surface area (TPSA) is 40.5 Å². The SMILES string of the molecule is CC=Cc1ccccc1.OBO. The van der Waals surface area contributed by atoms with Gasteiger partial charge >= 0.3 is 7.69 Å². The molecule has 12 heavy (non-hydrogen) atoms. The van der Waals surface area contributed by atoms with Crippen molar-refractivity contribution in [1.82, 2.24) is 0 Å². The van der Waals surface area contributed by atoms with Crippen LogP contribution in [0.4, 0.5) is 0 Å². The van der Waals surface area contributed by atoms with Crippen LogP contribution in [0.5, 0.6) is 0 Å². The molecule has 0 unspecified atom stereocenters. The maximum absolute atomic E-state index is 7.12. The van der Waals surface area contributed by atoms with E-state index in [1.807, 2.05) is 31.2 Å². The molecule has 0 bridgehead atoms. The average Bonchev–Trinajstić information content (AvgIpc) is 2.08. The summed E-state index contributed by atoms with van der Waals surface area (Å²) in [7, 11) is -0.750. The normalized spacial score (nSPS) is 8.92. The minimum absolute atomic E-state index is 0.750. The molecule has 0 amide bonds. The Morgan fingerprint density at radius 1 is 1.17 bits per heavy atom. The fourth-order valence-electron chi connectivity index (χ4n) is 0.757. The number of hydrogen-bond donors (Lipinski definition) is 2. The molecular weight excluding hydrogens is 151 g/mol. The van der Waals surface area contributed by atoms with Crippen LogP contribution in [-0.4, -0.2) is 17.7 Å². The van der Waals surface area contributed by atoms with Gasteiger partial charge in [0.25, 0.3) is 0 Å². The highest BCUT2D eigenvalue weighted by atomic mass is 16.4. The van der Waals surface area contributed by atoms with Gasteiger partial charge in [-0.05, 0) is 12.5 Å². The van der Waals surface area contributed by atoms with E-state index in [2.05, 4.69) is 18.2 Å². The Balaban J connectivity index is 0.000000354. The summed E-state index contributed by atoms with van der Waals surface area (Å²) in [6.45, 7) is 2.02. The molecule has 0 atom stereocenters. The van der Waals surface area contributed by atoms with E-state index >= 15 is 0 Å². The molecule has 0 aliphatic carbocycles. The van der Waals surface area contributed by atoms with Gasteiger partial charge in [-0.3, -0.25) is 0 Å². The van der Waals surface area contributed by atoms with Gasteiger partial charge < -0.3 is 10.0 Å². The zero-order valence-corrected chi connectivity index (χ0v) is 7.14. The van der Waals surface area contributed by atoms with Crippen molar-refractivity contribution in [2.45, 2.75) is 6.92 Å². The molecule has 0 heterocycles. The van der Waals surface area contributed by atoms with E-state index in [0.29, 0.717) is 0 Å². The highest BCUT2D eigenvalue weighted by Crippen LogP contribution is 1.99. The maximum atomic E-state index is 7.12. The summed E-state index contributed by atoms with van der Waals surface area (Å²) in [5, 5.41) is 14.2. The van der Waals surface area contributed by atoms with E-state index in [0.717, 1.165) is 0 Å². The van der Waals surface area contributed by atoms with E-state index in [4.69, 9.17) is 10.0 Å². The van der Waals surface area contributed by atoms with Crippen LogP contribution in [0, 0.1) is 0 Å². The largest absolute Gasteiger partial charge is 0.432 e. The Labute approximate surface area is 73.5 Å². The van der Waals surface area contributed by atoms with Crippen LogP contribution in [-0.2, 0) is 0 Å². The molecule has 0 aliphatic rings. The molecule has 2 nitrogen and oxygen atoms in total. The molecule has 0 aliphatic heterocycles. The van der Waals surface area contributed by atoms with Crippen molar-refractivity contribution in [3.05, 3.63) is 42.0 Å². The monoisotopic (exact) mass is 164 g/mol. The van der Waals surface area contributed by atoms with Gasteiger partial charge in [-0.1, -0.05) is 42.5 Å². The van der Waals surface area contributed by atoms with E-state index < -0.39 is 7.69 Å². The van der Waals surface area contributed by atoms with Crippen molar-refractivity contribution in [2.24, 2.45) is 0 Å². The van der Waals surface area contributed by atoms with Gasteiger partial charge in [0.1, 0.15) is 0 Å². The van der Waals surface area contributed by atoms with Gasteiger partial charge in [-0.2, -0.15) is 0 Å². The smallest absolute Gasteiger partial charge is 0.430 e. The van der Waals surface area contributed by atoms with Crippen LogP contribution in [0.15, 0.2) is 36.4 Å². The third-order valence-electron chi connectivity index (χ3n) is 1.16. The first kappa shape index (κ1) is 10.9. The zero-order chi connectivity index (χ0) is 9.23. The second kappa shape index (κ2) is 8.05. The second-order valence-corrected chi connectivity index (χ2v) is 2.05. The fourth-order valence-corrected chi connectivity index (χ4v) is 0.757. The first-order valence-corrected chi connectivity index (χ1v) is 3.74. The van der Waals surface area contributed by atoms with Crippen LogP contribution >= 0.6 is 0 Å². The summed E-state index contributed by atoms with van der Waals surface area (Å²) in [5.41, 5.74) is 1.26. The zero-order valence-electron chi connectivity index (χ0n) is 7.14. The lowest BCUT2D eigenvalue weighted by molar-refractivity contribution is 0.448. The fraction of sp³-hybridized carbons (Fsp3) is 0.111. The molecule has 1 aromatic rings. The third kappa shape index (κ3) is 5.71. The summed E-state index contributed by atoms with van der Waals surface area (Å²) in [4.78, 5) is 0. The highest BCUT2D eigenvalue weighted by Gasteiger charge is 1.77. The molecular formula is C9H13BO2. The van der Waals surface area contributed by atoms with E-state index in [1.165, 1.54) is 5.56 Å². The Morgan fingerprint density at radius 3 is 2.08 bits per heavy atom. The van der Waals surface area contributed by atoms with Gasteiger partial charge in [0.2, 0.25) is 0 Å². The molecule has 3 heteroatoms. The number of hydrogen-bond acceptors (Lipinski definition) is 2. The maximum Gasteiger partial charge on any atom is 0.432 e. The van der Waals surface area contributed by atoms with E-state index in [1.54, 1.807) is 0 Å². The van der Waals surface area contributed by atoms with E-state index in [9.17, 15) is 0 Å². The van der Waals surface area contributed by atoms with Crippen molar-refractivity contribution in [1.29, 1.82) is 0 Å². The van der Waals surface area contributed by atoms with Crippen LogP contribution in [0.2, 0.25) is 0 Å². The molecule has 64 valence electrons. The first-order valence-electron chi connectivity index (χ1n) is 3.74. The molecule has 0 radical (unpaired) electrons. The van der Waals surface area contributed by atoms with E-state index in [-0.39, 0.29) is 0 Å². The minimum Gasteiger partial charge on any atom is -0.430 e. The lowest BCUT2D eigenvalue weighted by Crippen LogP contribution is -1.75. The predicted octanol–water partition coefficient (Wildman–Crippen LogP) is 0.957. The quantitative estimate of drug-likeness (QED) is 0.606.